The summed E-state index contributed by atoms with van der Waals surface area (Å²) in [4.78, 5) is 18.4. The molecule has 0 aliphatic carbocycles. The van der Waals surface area contributed by atoms with Crippen molar-refractivity contribution in [2.24, 2.45) is 0 Å². The molecule has 0 radical (unpaired) electrons. The molecule has 0 spiro atoms. The molecular weight excluding hydrogens is 332 g/mol. The van der Waals surface area contributed by atoms with Gasteiger partial charge in [-0.25, -0.2) is 13.4 Å². The number of carbonyl (C=O) groups is 1. The summed E-state index contributed by atoms with van der Waals surface area (Å²) in [5.74, 6) is 0.156. The third-order valence-electron chi connectivity index (χ3n) is 4.05. The van der Waals surface area contributed by atoms with Gasteiger partial charge in [0.15, 0.2) is 9.84 Å². The first-order valence-electron chi connectivity index (χ1n) is 7.40. The molecule has 3 rings (SSSR count). The van der Waals surface area contributed by atoms with Crippen LogP contribution in [0, 0.1) is 0 Å². The number of thiazole rings is 1. The minimum absolute atomic E-state index is 0.0710. The summed E-state index contributed by atoms with van der Waals surface area (Å²) in [6, 6.07) is 9.62. The van der Waals surface area contributed by atoms with Gasteiger partial charge in [-0.1, -0.05) is 30.3 Å². The maximum absolute atomic E-state index is 12.4. The molecule has 0 N–H and O–H groups in total. The summed E-state index contributed by atoms with van der Waals surface area (Å²) in [5, 5.41) is 2.78. The molecule has 1 aromatic carbocycles. The lowest BCUT2D eigenvalue weighted by molar-refractivity contribution is -0.130. The fraction of sp³-hybridized carbons (Fsp3) is 0.375. The quantitative estimate of drug-likeness (QED) is 0.846. The first-order valence-corrected chi connectivity index (χ1v) is 10.1. The number of benzene rings is 1. The van der Waals surface area contributed by atoms with E-state index in [9.17, 15) is 13.2 Å². The lowest BCUT2D eigenvalue weighted by Gasteiger charge is -2.23. The highest BCUT2D eigenvalue weighted by Gasteiger charge is 2.32. The van der Waals surface area contributed by atoms with E-state index in [0.717, 1.165) is 16.3 Å². The van der Waals surface area contributed by atoms with Crippen LogP contribution in [0.1, 0.15) is 12.1 Å². The van der Waals surface area contributed by atoms with Crippen molar-refractivity contribution in [1.82, 2.24) is 9.88 Å². The van der Waals surface area contributed by atoms with Crippen LogP contribution in [-0.2, 0) is 21.1 Å². The van der Waals surface area contributed by atoms with Crippen molar-refractivity contribution in [2.75, 3.05) is 18.6 Å². The van der Waals surface area contributed by atoms with Crippen LogP contribution in [0.5, 0.6) is 0 Å². The SMILES string of the molecule is CN(C(=O)Cc1csc(-c2ccccc2)n1)C1CCS(=O)(=O)C1. The second kappa shape index (κ2) is 6.41. The molecule has 1 aromatic heterocycles. The summed E-state index contributed by atoms with van der Waals surface area (Å²) in [7, 11) is -1.31. The van der Waals surface area contributed by atoms with Crippen LogP contribution in [0.15, 0.2) is 35.7 Å². The van der Waals surface area contributed by atoms with Crippen molar-refractivity contribution in [2.45, 2.75) is 18.9 Å². The Kier molecular flexibility index (Phi) is 4.50. The van der Waals surface area contributed by atoms with Gasteiger partial charge in [0.1, 0.15) is 5.01 Å². The third kappa shape index (κ3) is 3.79. The van der Waals surface area contributed by atoms with Gasteiger partial charge in [0, 0.05) is 24.0 Å². The molecule has 23 heavy (non-hydrogen) atoms. The van der Waals surface area contributed by atoms with Gasteiger partial charge in [0.2, 0.25) is 5.91 Å². The Morgan fingerprint density at radius 3 is 2.74 bits per heavy atom. The highest BCUT2D eigenvalue weighted by molar-refractivity contribution is 7.91. The van der Waals surface area contributed by atoms with Gasteiger partial charge in [-0.2, -0.15) is 0 Å². The Bertz CT molecular complexity index is 800. The van der Waals surface area contributed by atoms with E-state index >= 15 is 0 Å². The van der Waals surface area contributed by atoms with E-state index in [-0.39, 0.29) is 29.9 Å². The minimum atomic E-state index is -2.99. The number of nitrogens with zero attached hydrogens (tertiary/aromatic N) is 2. The van der Waals surface area contributed by atoms with Crippen molar-refractivity contribution in [1.29, 1.82) is 0 Å². The molecule has 1 aliphatic rings. The van der Waals surface area contributed by atoms with Crippen LogP contribution in [0.3, 0.4) is 0 Å². The molecular formula is C16H18N2O3S2. The van der Waals surface area contributed by atoms with Crippen molar-refractivity contribution in [3.63, 3.8) is 0 Å². The lowest BCUT2D eigenvalue weighted by Crippen LogP contribution is -2.38. The van der Waals surface area contributed by atoms with Crippen molar-refractivity contribution >= 4 is 27.1 Å². The van der Waals surface area contributed by atoms with Gasteiger partial charge in [-0.3, -0.25) is 4.79 Å². The summed E-state index contributed by atoms with van der Waals surface area (Å²) in [6.45, 7) is 0. The largest absolute Gasteiger partial charge is 0.341 e. The van der Waals surface area contributed by atoms with E-state index in [4.69, 9.17) is 0 Å². The molecule has 2 heterocycles. The summed E-state index contributed by atoms with van der Waals surface area (Å²) < 4.78 is 23.1. The first-order chi connectivity index (χ1) is 10.9. The molecule has 0 bridgehead atoms. The Morgan fingerprint density at radius 2 is 2.09 bits per heavy atom. The average Bonchev–Trinajstić information content (AvgIpc) is 3.14. The van der Waals surface area contributed by atoms with E-state index in [2.05, 4.69) is 4.98 Å². The fourth-order valence-corrected chi connectivity index (χ4v) is 5.27. The number of aromatic nitrogens is 1. The van der Waals surface area contributed by atoms with E-state index in [1.807, 2.05) is 35.7 Å². The predicted octanol–water partition coefficient (Wildman–Crippen LogP) is 2.00. The number of sulfone groups is 1. The minimum Gasteiger partial charge on any atom is -0.341 e. The van der Waals surface area contributed by atoms with Gasteiger partial charge in [-0.05, 0) is 6.42 Å². The molecule has 1 amide bonds. The van der Waals surface area contributed by atoms with Gasteiger partial charge < -0.3 is 4.90 Å². The number of hydrogen-bond acceptors (Lipinski definition) is 5. The molecule has 1 aliphatic heterocycles. The number of likely N-dealkylation sites (N-methyl/N-ethyl adjacent to an activating group) is 1. The zero-order chi connectivity index (χ0) is 16.4. The maximum atomic E-state index is 12.4. The Morgan fingerprint density at radius 1 is 1.35 bits per heavy atom. The van der Waals surface area contributed by atoms with E-state index in [1.165, 1.54) is 11.3 Å². The Hall–Kier alpha value is -1.73. The molecule has 1 saturated heterocycles. The predicted molar refractivity (Wildman–Crippen MR) is 91.1 cm³/mol. The van der Waals surface area contributed by atoms with Gasteiger partial charge >= 0.3 is 0 Å². The zero-order valence-corrected chi connectivity index (χ0v) is 14.4. The maximum Gasteiger partial charge on any atom is 0.228 e. The number of rotatable bonds is 4. The first kappa shape index (κ1) is 16.1. The lowest BCUT2D eigenvalue weighted by atomic mass is 10.2. The highest BCUT2D eigenvalue weighted by Crippen LogP contribution is 2.24. The molecule has 7 heteroatoms. The molecule has 1 fully saturated rings. The smallest absolute Gasteiger partial charge is 0.228 e. The highest BCUT2D eigenvalue weighted by atomic mass is 32.2. The fourth-order valence-electron chi connectivity index (χ4n) is 2.67. The molecule has 0 saturated carbocycles. The van der Waals surface area contributed by atoms with Gasteiger partial charge in [0.05, 0.1) is 23.6 Å². The molecule has 1 atom stereocenters. The van der Waals surface area contributed by atoms with Crippen molar-refractivity contribution in [3.8, 4) is 10.6 Å². The van der Waals surface area contributed by atoms with Crippen LogP contribution in [0.4, 0.5) is 0 Å². The van der Waals surface area contributed by atoms with E-state index in [0.29, 0.717) is 6.42 Å². The molecule has 5 nitrogen and oxygen atoms in total. The molecule has 1 unspecified atom stereocenters. The Balaban J connectivity index is 1.66. The molecule has 2 aromatic rings. The topological polar surface area (TPSA) is 67.3 Å². The number of hydrogen-bond donors (Lipinski definition) is 0. The number of carbonyl (C=O) groups excluding carboxylic acids is 1. The van der Waals surface area contributed by atoms with Crippen LogP contribution in [0.25, 0.3) is 10.6 Å². The van der Waals surface area contributed by atoms with Crippen LogP contribution >= 0.6 is 11.3 Å². The van der Waals surface area contributed by atoms with Crippen LogP contribution in [-0.4, -0.2) is 48.8 Å². The second-order valence-corrected chi connectivity index (χ2v) is 8.84. The Labute approximate surface area is 139 Å². The molecule has 122 valence electrons. The average molecular weight is 350 g/mol. The third-order valence-corrected chi connectivity index (χ3v) is 6.74. The second-order valence-electron chi connectivity index (χ2n) is 5.75. The zero-order valence-electron chi connectivity index (χ0n) is 12.8. The van der Waals surface area contributed by atoms with Crippen LogP contribution in [0.2, 0.25) is 0 Å². The van der Waals surface area contributed by atoms with Gasteiger partial charge in [-0.15, -0.1) is 11.3 Å². The number of amides is 1. The summed E-state index contributed by atoms with van der Waals surface area (Å²) >= 11 is 1.51. The van der Waals surface area contributed by atoms with Crippen molar-refractivity contribution < 1.29 is 13.2 Å². The van der Waals surface area contributed by atoms with E-state index in [1.54, 1.807) is 11.9 Å². The van der Waals surface area contributed by atoms with E-state index < -0.39 is 9.84 Å². The van der Waals surface area contributed by atoms with Crippen LogP contribution < -0.4 is 0 Å². The summed E-state index contributed by atoms with van der Waals surface area (Å²) in [5.41, 5.74) is 1.76. The van der Waals surface area contributed by atoms with Crippen molar-refractivity contribution in [3.05, 3.63) is 41.4 Å². The van der Waals surface area contributed by atoms with Gasteiger partial charge in [0.25, 0.3) is 0 Å². The summed E-state index contributed by atoms with van der Waals surface area (Å²) in [6.07, 6.45) is 0.729. The normalized spacial score (nSPS) is 19.6. The standard InChI is InChI=1S/C16H18N2O3S2/c1-18(14-7-8-23(20,21)11-14)15(19)9-13-10-22-16(17-13)12-5-3-2-4-6-12/h2-6,10,14H,7-9,11H2,1H3. The monoisotopic (exact) mass is 350 g/mol.